The van der Waals surface area contributed by atoms with Gasteiger partial charge < -0.3 is 20.0 Å². The fourth-order valence-corrected chi connectivity index (χ4v) is 4.92. The Bertz CT molecular complexity index is 1200. The molecule has 1 amide bonds. The van der Waals surface area contributed by atoms with Crippen LogP contribution in [0.3, 0.4) is 0 Å². The van der Waals surface area contributed by atoms with Gasteiger partial charge in [0.2, 0.25) is 0 Å². The number of nitrogens with one attached hydrogen (secondary N) is 1. The van der Waals surface area contributed by atoms with Crippen LogP contribution in [0.25, 0.3) is 5.65 Å². The van der Waals surface area contributed by atoms with E-state index in [1.165, 1.54) is 6.42 Å². The molecule has 1 fully saturated rings. The van der Waals surface area contributed by atoms with Crippen molar-refractivity contribution >= 4 is 28.9 Å². The van der Waals surface area contributed by atoms with Crippen molar-refractivity contribution in [3.05, 3.63) is 47.2 Å². The van der Waals surface area contributed by atoms with Crippen molar-refractivity contribution in [3.8, 4) is 0 Å². The summed E-state index contributed by atoms with van der Waals surface area (Å²) in [6, 6.07) is 10.1. The minimum absolute atomic E-state index is 0.0107. The Hall–Kier alpha value is -3.29. The normalized spacial score (nSPS) is 19.5. The molecule has 4 heterocycles. The van der Waals surface area contributed by atoms with Crippen molar-refractivity contribution in [3.63, 3.8) is 0 Å². The van der Waals surface area contributed by atoms with Gasteiger partial charge in [-0.1, -0.05) is 18.6 Å². The number of fused-ring (bicyclic) bond motifs is 2. The van der Waals surface area contributed by atoms with Crippen molar-refractivity contribution in [2.75, 3.05) is 55.4 Å². The average Bonchev–Trinajstić information content (AvgIpc) is 3.20. The van der Waals surface area contributed by atoms with Crippen molar-refractivity contribution in [2.24, 2.45) is 0 Å². The Balaban J connectivity index is 1.61. The lowest BCUT2D eigenvalue weighted by Gasteiger charge is -2.33. The molecule has 1 aromatic carbocycles. The van der Waals surface area contributed by atoms with Gasteiger partial charge in [-0.05, 0) is 44.7 Å². The Morgan fingerprint density at radius 2 is 1.88 bits per heavy atom. The predicted octanol–water partition coefficient (Wildman–Crippen LogP) is 4.11. The fourth-order valence-electron chi connectivity index (χ4n) is 4.92. The SMILES string of the molecule is CCC1c2cc3nc(N4CCC4)cc(n3n2)N(C)CCCCNc2ccc(C)cc2C(=O)N1C. The van der Waals surface area contributed by atoms with E-state index in [-0.39, 0.29) is 11.9 Å². The molecule has 1 atom stereocenters. The molecule has 1 unspecified atom stereocenters. The van der Waals surface area contributed by atoms with Gasteiger partial charge in [-0.3, -0.25) is 4.79 Å². The number of aromatic nitrogens is 3. The molecular weight excluding hydrogens is 426 g/mol. The van der Waals surface area contributed by atoms with Crippen LogP contribution in [0.5, 0.6) is 0 Å². The van der Waals surface area contributed by atoms with Crippen LogP contribution in [0.2, 0.25) is 0 Å². The van der Waals surface area contributed by atoms with Crippen molar-refractivity contribution in [2.45, 2.75) is 45.6 Å². The van der Waals surface area contributed by atoms with Gasteiger partial charge in [0.05, 0.1) is 17.3 Å². The number of rotatable bonds is 2. The van der Waals surface area contributed by atoms with Gasteiger partial charge in [0.25, 0.3) is 5.91 Å². The number of anilines is 3. The summed E-state index contributed by atoms with van der Waals surface area (Å²) in [4.78, 5) is 25.1. The zero-order valence-electron chi connectivity index (χ0n) is 20.7. The first-order valence-corrected chi connectivity index (χ1v) is 12.4. The summed E-state index contributed by atoms with van der Waals surface area (Å²) in [6.45, 7) is 7.98. The van der Waals surface area contributed by atoms with E-state index in [4.69, 9.17) is 10.1 Å². The zero-order chi connectivity index (χ0) is 23.8. The lowest BCUT2D eigenvalue weighted by molar-refractivity contribution is 0.0723. The highest BCUT2D eigenvalue weighted by Crippen LogP contribution is 2.31. The van der Waals surface area contributed by atoms with Gasteiger partial charge in [0.15, 0.2) is 5.65 Å². The van der Waals surface area contributed by atoms with E-state index in [1.54, 1.807) is 0 Å². The van der Waals surface area contributed by atoms with E-state index in [1.807, 2.05) is 35.5 Å². The fraction of sp³-hybridized carbons (Fsp3) is 0.500. The summed E-state index contributed by atoms with van der Waals surface area (Å²) in [5, 5.41) is 8.51. The number of aryl methyl sites for hydroxylation is 1. The van der Waals surface area contributed by atoms with Crippen molar-refractivity contribution < 1.29 is 4.79 Å². The molecule has 1 N–H and O–H groups in total. The second-order valence-corrected chi connectivity index (χ2v) is 9.60. The van der Waals surface area contributed by atoms with Gasteiger partial charge in [0, 0.05) is 58.1 Å². The van der Waals surface area contributed by atoms with E-state index in [2.05, 4.69) is 47.3 Å². The maximum Gasteiger partial charge on any atom is 0.256 e. The molecule has 0 spiro atoms. The highest BCUT2D eigenvalue weighted by molar-refractivity contribution is 6.00. The van der Waals surface area contributed by atoms with E-state index in [0.29, 0.717) is 0 Å². The van der Waals surface area contributed by atoms with Crippen LogP contribution in [0.15, 0.2) is 30.3 Å². The summed E-state index contributed by atoms with van der Waals surface area (Å²) in [5.74, 6) is 2.07. The van der Waals surface area contributed by atoms with Crippen LogP contribution in [0, 0.1) is 6.92 Å². The first-order chi connectivity index (χ1) is 16.5. The molecule has 2 aliphatic heterocycles. The predicted molar refractivity (Wildman–Crippen MR) is 137 cm³/mol. The summed E-state index contributed by atoms with van der Waals surface area (Å²) in [6.07, 6.45) is 4.02. The Morgan fingerprint density at radius 1 is 1.06 bits per heavy atom. The van der Waals surface area contributed by atoms with Gasteiger partial charge in [0.1, 0.15) is 11.6 Å². The molecule has 8 nitrogen and oxygen atoms in total. The molecule has 1 saturated heterocycles. The van der Waals surface area contributed by atoms with Crippen LogP contribution in [0.4, 0.5) is 17.3 Å². The number of nitrogens with zero attached hydrogens (tertiary/aromatic N) is 6. The molecule has 34 heavy (non-hydrogen) atoms. The molecule has 8 heteroatoms. The number of carbonyl (C=O) groups excluding carboxylic acids is 1. The number of hydrogen-bond acceptors (Lipinski definition) is 6. The highest BCUT2D eigenvalue weighted by atomic mass is 16.2. The van der Waals surface area contributed by atoms with Gasteiger partial charge in [-0.15, -0.1) is 0 Å². The molecule has 0 radical (unpaired) electrons. The number of carbonyl (C=O) groups is 1. The second kappa shape index (κ2) is 9.16. The third-order valence-electron chi connectivity index (χ3n) is 7.14. The molecule has 0 aliphatic carbocycles. The van der Waals surface area contributed by atoms with Gasteiger partial charge in [-0.25, -0.2) is 4.98 Å². The highest BCUT2D eigenvalue weighted by Gasteiger charge is 2.27. The average molecular weight is 462 g/mol. The molecule has 2 aromatic heterocycles. The first-order valence-electron chi connectivity index (χ1n) is 12.4. The van der Waals surface area contributed by atoms with E-state index in [0.717, 1.165) is 85.2 Å². The van der Waals surface area contributed by atoms with Crippen LogP contribution < -0.4 is 15.1 Å². The third-order valence-corrected chi connectivity index (χ3v) is 7.14. The minimum atomic E-state index is -0.140. The quantitative estimate of drug-likeness (QED) is 0.619. The third kappa shape index (κ3) is 4.06. The molecule has 3 aromatic rings. The molecule has 2 aliphatic rings. The summed E-state index contributed by atoms with van der Waals surface area (Å²) in [5.41, 5.74) is 4.41. The van der Waals surface area contributed by atoms with E-state index >= 15 is 0 Å². The largest absolute Gasteiger partial charge is 0.384 e. The van der Waals surface area contributed by atoms with Crippen LogP contribution in [0.1, 0.15) is 60.3 Å². The number of hydrogen-bond donors (Lipinski definition) is 1. The lowest BCUT2D eigenvalue weighted by Crippen LogP contribution is -2.38. The molecular formula is C26H35N7O. The maximum absolute atomic E-state index is 13.7. The Morgan fingerprint density at radius 3 is 2.62 bits per heavy atom. The zero-order valence-corrected chi connectivity index (χ0v) is 20.7. The topological polar surface area (TPSA) is 69.0 Å². The summed E-state index contributed by atoms with van der Waals surface area (Å²) >= 11 is 0. The van der Waals surface area contributed by atoms with Crippen molar-refractivity contribution in [1.29, 1.82) is 0 Å². The Labute approximate surface area is 201 Å². The second-order valence-electron chi connectivity index (χ2n) is 9.60. The first kappa shape index (κ1) is 22.5. The van der Waals surface area contributed by atoms with Gasteiger partial charge in [-0.2, -0.15) is 9.61 Å². The standard InChI is InChI=1S/C26H35N7O/c1-5-22-21-16-24-28-23(32-13-8-14-32)17-25(33(24)29-21)30(3)12-7-6-11-27-20-10-9-18(2)15-19(20)26(34)31(22)4/h9-10,15-17,22,27H,5-8,11-14H2,1-4H3. The van der Waals surface area contributed by atoms with Crippen LogP contribution >= 0.6 is 0 Å². The maximum atomic E-state index is 13.7. The Kier molecular flexibility index (Phi) is 6.06. The van der Waals surface area contributed by atoms with Crippen LogP contribution in [-0.4, -0.2) is 65.7 Å². The van der Waals surface area contributed by atoms with E-state index in [9.17, 15) is 4.79 Å². The molecule has 0 saturated carbocycles. The van der Waals surface area contributed by atoms with Crippen molar-refractivity contribution in [1.82, 2.24) is 19.5 Å². The summed E-state index contributed by atoms with van der Waals surface area (Å²) < 4.78 is 1.95. The van der Waals surface area contributed by atoms with E-state index < -0.39 is 0 Å². The molecule has 5 rings (SSSR count). The smallest absolute Gasteiger partial charge is 0.256 e. The monoisotopic (exact) mass is 461 g/mol. The molecule has 2 bridgehead atoms. The lowest BCUT2D eigenvalue weighted by atomic mass is 10.0. The molecule has 180 valence electrons. The van der Waals surface area contributed by atoms with Gasteiger partial charge >= 0.3 is 0 Å². The minimum Gasteiger partial charge on any atom is -0.384 e. The summed E-state index contributed by atoms with van der Waals surface area (Å²) in [7, 11) is 4.02. The van der Waals surface area contributed by atoms with Crippen LogP contribution in [-0.2, 0) is 0 Å². The number of benzene rings is 1. The number of amides is 1.